The zero-order valence-corrected chi connectivity index (χ0v) is 23.1. The van der Waals surface area contributed by atoms with E-state index < -0.39 is 28.5 Å². The molecule has 1 fully saturated rings. The molecule has 1 aliphatic rings. The number of hydrogen-bond acceptors (Lipinski definition) is 5. The van der Waals surface area contributed by atoms with E-state index in [0.29, 0.717) is 17.9 Å². The van der Waals surface area contributed by atoms with Crippen LogP contribution in [0.5, 0.6) is 5.75 Å². The maximum absolute atomic E-state index is 13.8. The van der Waals surface area contributed by atoms with Crippen molar-refractivity contribution in [2.24, 2.45) is 0 Å². The normalized spacial score (nSPS) is 15.0. The molecule has 1 saturated carbocycles. The number of ether oxygens (including phenoxy) is 1. The number of carbonyl (C=O) groups excluding carboxylic acids is 2. The lowest BCUT2D eigenvalue weighted by molar-refractivity contribution is -0.140. The fraction of sp³-hybridized carbons (Fsp3) is 0.500. The number of benzene rings is 2. The predicted molar refractivity (Wildman–Crippen MR) is 146 cm³/mol. The van der Waals surface area contributed by atoms with E-state index in [2.05, 4.69) is 5.32 Å². The second kappa shape index (κ2) is 12.9. The average Bonchev–Trinajstić information content (AvgIpc) is 2.88. The van der Waals surface area contributed by atoms with Crippen LogP contribution in [0.1, 0.15) is 56.6 Å². The van der Waals surface area contributed by atoms with Crippen LogP contribution < -0.4 is 14.4 Å². The third kappa shape index (κ3) is 7.95. The van der Waals surface area contributed by atoms with Gasteiger partial charge >= 0.3 is 0 Å². The Morgan fingerprint density at radius 3 is 2.35 bits per heavy atom. The van der Waals surface area contributed by atoms with Crippen LogP contribution in [0.4, 0.5) is 5.69 Å². The van der Waals surface area contributed by atoms with Gasteiger partial charge in [-0.05, 0) is 43.9 Å². The first-order valence-electron chi connectivity index (χ1n) is 12.9. The fourth-order valence-corrected chi connectivity index (χ4v) is 5.57. The average molecular weight is 530 g/mol. The topological polar surface area (TPSA) is 96.0 Å². The Hall–Kier alpha value is -3.07. The molecule has 202 valence electrons. The summed E-state index contributed by atoms with van der Waals surface area (Å²) in [7, 11) is -2.30. The molecular formula is C28H39N3O5S. The van der Waals surface area contributed by atoms with E-state index >= 15 is 0 Å². The van der Waals surface area contributed by atoms with Gasteiger partial charge in [-0.25, -0.2) is 8.42 Å². The summed E-state index contributed by atoms with van der Waals surface area (Å²) in [6, 6.07) is 13.7. The molecule has 37 heavy (non-hydrogen) atoms. The van der Waals surface area contributed by atoms with Gasteiger partial charge in [0.25, 0.3) is 0 Å². The number of carbonyl (C=O) groups is 2. The molecule has 0 unspecified atom stereocenters. The molecular weight excluding hydrogens is 490 g/mol. The summed E-state index contributed by atoms with van der Waals surface area (Å²) in [5, 5.41) is 3.15. The van der Waals surface area contributed by atoms with Gasteiger partial charge in [-0.2, -0.15) is 0 Å². The van der Waals surface area contributed by atoms with Gasteiger partial charge in [0.15, 0.2) is 0 Å². The van der Waals surface area contributed by atoms with E-state index in [4.69, 9.17) is 4.74 Å². The quantitative estimate of drug-likeness (QED) is 0.474. The first kappa shape index (κ1) is 28.5. The number of amides is 2. The van der Waals surface area contributed by atoms with E-state index in [1.165, 1.54) is 18.4 Å². The molecule has 9 heteroatoms. The van der Waals surface area contributed by atoms with E-state index in [-0.39, 0.29) is 18.5 Å². The third-order valence-corrected chi connectivity index (χ3v) is 7.97. The molecule has 2 amide bonds. The van der Waals surface area contributed by atoms with Crippen LogP contribution in [0.3, 0.4) is 0 Å². The van der Waals surface area contributed by atoms with Crippen LogP contribution in [0.15, 0.2) is 48.5 Å². The minimum Gasteiger partial charge on any atom is -0.497 e. The van der Waals surface area contributed by atoms with Crippen molar-refractivity contribution in [1.29, 1.82) is 0 Å². The van der Waals surface area contributed by atoms with Gasteiger partial charge in [-0.1, -0.05) is 62.1 Å². The maximum atomic E-state index is 13.8. The van der Waals surface area contributed by atoms with Crippen LogP contribution in [-0.2, 0) is 26.2 Å². The highest BCUT2D eigenvalue weighted by atomic mass is 32.2. The smallest absolute Gasteiger partial charge is 0.244 e. The van der Waals surface area contributed by atoms with Crippen molar-refractivity contribution in [1.82, 2.24) is 10.2 Å². The molecule has 8 nitrogen and oxygen atoms in total. The van der Waals surface area contributed by atoms with Crippen molar-refractivity contribution in [3.63, 3.8) is 0 Å². The first-order valence-corrected chi connectivity index (χ1v) is 14.7. The number of methoxy groups -OCH3 is 1. The Bertz CT molecular complexity index is 1160. The highest BCUT2D eigenvalue weighted by Gasteiger charge is 2.32. The zero-order valence-electron chi connectivity index (χ0n) is 22.3. The lowest BCUT2D eigenvalue weighted by atomic mass is 9.95. The minimum atomic E-state index is -3.80. The molecule has 3 rings (SSSR count). The Morgan fingerprint density at radius 1 is 1.08 bits per heavy atom. The lowest BCUT2D eigenvalue weighted by Gasteiger charge is -2.34. The fourth-order valence-electron chi connectivity index (χ4n) is 4.73. The second-order valence-electron chi connectivity index (χ2n) is 9.75. The Balaban J connectivity index is 1.91. The number of nitrogens with one attached hydrogen (secondary N) is 1. The van der Waals surface area contributed by atoms with Crippen LogP contribution >= 0.6 is 0 Å². The second-order valence-corrected chi connectivity index (χ2v) is 11.7. The first-order chi connectivity index (χ1) is 17.6. The molecule has 0 saturated heterocycles. The molecule has 0 aromatic heterocycles. The molecule has 0 spiro atoms. The van der Waals surface area contributed by atoms with Gasteiger partial charge in [0.05, 0.1) is 19.1 Å². The van der Waals surface area contributed by atoms with Gasteiger partial charge in [-0.15, -0.1) is 0 Å². The molecule has 2 aromatic rings. The highest BCUT2D eigenvalue weighted by Crippen LogP contribution is 2.24. The van der Waals surface area contributed by atoms with E-state index in [0.717, 1.165) is 47.4 Å². The summed E-state index contributed by atoms with van der Waals surface area (Å²) in [5.74, 6) is -0.157. The molecule has 0 bridgehead atoms. The zero-order chi connectivity index (χ0) is 27.0. The number of hydrogen-bond donors (Lipinski definition) is 1. The predicted octanol–water partition coefficient (Wildman–Crippen LogP) is 4.03. The monoisotopic (exact) mass is 529 g/mol. The summed E-state index contributed by atoms with van der Waals surface area (Å²) in [5.41, 5.74) is 2.28. The number of aryl methyl sites for hydroxylation is 1. The van der Waals surface area contributed by atoms with Crippen LogP contribution in [-0.4, -0.2) is 57.1 Å². The summed E-state index contributed by atoms with van der Waals surface area (Å²) in [6.07, 6.45) is 6.69. The summed E-state index contributed by atoms with van der Waals surface area (Å²) in [4.78, 5) is 28.7. The van der Waals surface area contributed by atoms with Crippen molar-refractivity contribution < 1.29 is 22.7 Å². The number of sulfonamides is 1. The van der Waals surface area contributed by atoms with Crippen LogP contribution in [0.25, 0.3) is 0 Å². The SMILES string of the molecule is CC[C@H](C(=O)NC1CCCCC1)N(Cc1ccc(C)cc1)C(=O)CN(c1cccc(OC)c1)S(C)(=O)=O. The van der Waals surface area contributed by atoms with Crippen molar-refractivity contribution >= 4 is 27.5 Å². The molecule has 0 radical (unpaired) electrons. The van der Waals surface area contributed by atoms with Crippen molar-refractivity contribution in [2.45, 2.75) is 71.0 Å². The standard InChI is InChI=1S/C28H39N3O5S/c1-5-26(28(33)29-23-10-7-6-8-11-23)30(19-22-16-14-21(2)15-17-22)27(32)20-31(37(4,34)35)24-12-9-13-25(18-24)36-3/h9,12-18,23,26H,5-8,10-11,19-20H2,1-4H3,(H,29,33)/t26-/m1/s1. The Kier molecular flexibility index (Phi) is 9.97. The summed E-state index contributed by atoms with van der Waals surface area (Å²) in [6.45, 7) is 3.63. The molecule has 1 N–H and O–H groups in total. The highest BCUT2D eigenvalue weighted by molar-refractivity contribution is 7.92. The van der Waals surface area contributed by atoms with Gasteiger partial charge < -0.3 is 15.0 Å². The molecule has 0 heterocycles. The van der Waals surface area contributed by atoms with Crippen LogP contribution in [0.2, 0.25) is 0 Å². The molecule has 1 atom stereocenters. The number of anilines is 1. The van der Waals surface area contributed by atoms with Crippen molar-refractivity contribution in [3.05, 3.63) is 59.7 Å². The molecule has 0 aliphatic heterocycles. The molecule has 2 aromatic carbocycles. The van der Waals surface area contributed by atoms with Gasteiger partial charge in [-0.3, -0.25) is 13.9 Å². The van der Waals surface area contributed by atoms with Gasteiger partial charge in [0.2, 0.25) is 21.8 Å². The summed E-state index contributed by atoms with van der Waals surface area (Å²) >= 11 is 0. The number of rotatable bonds is 11. The Labute approximate surface area is 221 Å². The van der Waals surface area contributed by atoms with Crippen molar-refractivity contribution in [2.75, 3.05) is 24.2 Å². The largest absolute Gasteiger partial charge is 0.497 e. The lowest BCUT2D eigenvalue weighted by Crippen LogP contribution is -2.53. The van der Waals surface area contributed by atoms with Gasteiger partial charge in [0, 0.05) is 18.7 Å². The third-order valence-electron chi connectivity index (χ3n) is 6.83. The summed E-state index contributed by atoms with van der Waals surface area (Å²) < 4.78 is 31.8. The molecule has 1 aliphatic carbocycles. The minimum absolute atomic E-state index is 0.107. The van der Waals surface area contributed by atoms with E-state index in [1.54, 1.807) is 24.3 Å². The Morgan fingerprint density at radius 2 is 1.76 bits per heavy atom. The van der Waals surface area contributed by atoms with Crippen LogP contribution in [0, 0.1) is 6.92 Å². The van der Waals surface area contributed by atoms with E-state index in [9.17, 15) is 18.0 Å². The van der Waals surface area contributed by atoms with E-state index in [1.807, 2.05) is 38.1 Å². The van der Waals surface area contributed by atoms with Crippen molar-refractivity contribution in [3.8, 4) is 5.75 Å². The number of nitrogens with zero attached hydrogens (tertiary/aromatic N) is 2. The van der Waals surface area contributed by atoms with Gasteiger partial charge in [0.1, 0.15) is 18.3 Å². The maximum Gasteiger partial charge on any atom is 0.244 e.